The number of thiazole rings is 1. The van der Waals surface area contributed by atoms with Gasteiger partial charge in [-0.3, -0.25) is 4.90 Å². The number of nitrogens with two attached hydrogens (primary N) is 2. The summed E-state index contributed by atoms with van der Waals surface area (Å²) in [6, 6.07) is 6.33. The quantitative estimate of drug-likeness (QED) is 0.422. The van der Waals surface area contributed by atoms with Gasteiger partial charge in [-0.05, 0) is 6.07 Å². The largest absolute Gasteiger partial charge is 0.465 e. The Kier molecular flexibility index (Phi) is 5.17. The van der Waals surface area contributed by atoms with Gasteiger partial charge in [0.25, 0.3) is 0 Å². The van der Waals surface area contributed by atoms with Gasteiger partial charge in [0, 0.05) is 24.2 Å². The van der Waals surface area contributed by atoms with Crippen molar-refractivity contribution in [3.63, 3.8) is 0 Å². The third kappa shape index (κ3) is 3.85. The van der Waals surface area contributed by atoms with E-state index >= 15 is 0 Å². The summed E-state index contributed by atoms with van der Waals surface area (Å²) in [5.74, 6) is -0.189. The molecule has 158 valence electrons. The van der Waals surface area contributed by atoms with E-state index in [1.54, 1.807) is 29.8 Å². The van der Waals surface area contributed by atoms with Gasteiger partial charge in [-0.2, -0.15) is 0 Å². The number of nitrogen functional groups attached to an aromatic ring is 2. The summed E-state index contributed by atoms with van der Waals surface area (Å²) in [6.07, 6.45) is 0.346. The van der Waals surface area contributed by atoms with Crippen molar-refractivity contribution < 1.29 is 14.3 Å². The molecule has 4 aromatic rings. The molecule has 4 rings (SSSR count). The first-order valence-electron chi connectivity index (χ1n) is 8.83. The van der Waals surface area contributed by atoms with Crippen LogP contribution >= 0.6 is 11.3 Å². The van der Waals surface area contributed by atoms with Gasteiger partial charge in [-0.25, -0.2) is 33.8 Å². The fourth-order valence-corrected chi connectivity index (χ4v) is 3.49. The minimum Gasteiger partial charge on any atom is -0.465 e. The molecule has 13 heteroatoms. The molecule has 3 aromatic heterocycles. The fourth-order valence-electron chi connectivity index (χ4n) is 2.86. The Hall–Kier alpha value is -4.13. The van der Waals surface area contributed by atoms with Crippen LogP contribution in [0.1, 0.15) is 5.56 Å². The van der Waals surface area contributed by atoms with E-state index in [2.05, 4.69) is 25.0 Å². The van der Waals surface area contributed by atoms with E-state index in [0.717, 1.165) is 4.90 Å². The van der Waals surface area contributed by atoms with Gasteiger partial charge in [0.2, 0.25) is 11.6 Å². The summed E-state index contributed by atoms with van der Waals surface area (Å²) in [5, 5.41) is 15.9. The number of nitrogens with zero attached hydrogens (tertiary/aromatic N) is 7. The number of anilines is 3. The van der Waals surface area contributed by atoms with Crippen LogP contribution in [-0.4, -0.2) is 48.0 Å². The monoisotopic (exact) mass is 441 g/mol. The average molecular weight is 441 g/mol. The highest BCUT2D eigenvalue weighted by Crippen LogP contribution is 2.30. The lowest BCUT2D eigenvalue weighted by molar-refractivity contribution is 0.203. The van der Waals surface area contributed by atoms with Crippen molar-refractivity contribution in [2.75, 3.05) is 23.4 Å². The predicted octanol–water partition coefficient (Wildman–Crippen LogP) is 2.32. The Morgan fingerprint density at radius 3 is 2.52 bits per heavy atom. The molecule has 0 saturated heterocycles. The average Bonchev–Trinajstić information content (AvgIpc) is 3.38. The van der Waals surface area contributed by atoms with Crippen molar-refractivity contribution in [1.82, 2.24) is 29.7 Å². The molecule has 0 spiro atoms. The van der Waals surface area contributed by atoms with E-state index in [4.69, 9.17) is 11.5 Å². The summed E-state index contributed by atoms with van der Waals surface area (Å²) >= 11 is 1.34. The van der Waals surface area contributed by atoms with Crippen LogP contribution in [0.15, 0.2) is 35.8 Å². The highest BCUT2D eigenvalue weighted by atomic mass is 32.1. The first-order valence-corrected chi connectivity index (χ1v) is 9.71. The van der Waals surface area contributed by atoms with Crippen LogP contribution in [0.2, 0.25) is 0 Å². The first-order chi connectivity index (χ1) is 14.8. The maximum absolute atomic E-state index is 14.2. The number of benzene rings is 1. The van der Waals surface area contributed by atoms with Gasteiger partial charge in [-0.1, -0.05) is 18.2 Å². The van der Waals surface area contributed by atoms with Crippen LogP contribution in [0.4, 0.5) is 26.5 Å². The molecular formula is C18H16FN9O2S. The van der Waals surface area contributed by atoms with Crippen LogP contribution in [-0.2, 0) is 6.54 Å². The number of hydrogen-bond donors (Lipinski definition) is 3. The third-order valence-corrected chi connectivity index (χ3v) is 5.10. The van der Waals surface area contributed by atoms with E-state index in [1.165, 1.54) is 29.1 Å². The van der Waals surface area contributed by atoms with Crippen molar-refractivity contribution in [3.8, 4) is 22.5 Å². The van der Waals surface area contributed by atoms with E-state index in [1.807, 2.05) is 0 Å². The number of amides is 1. The van der Waals surface area contributed by atoms with Crippen molar-refractivity contribution in [2.24, 2.45) is 0 Å². The van der Waals surface area contributed by atoms with Gasteiger partial charge in [0.05, 0.1) is 6.54 Å². The van der Waals surface area contributed by atoms with Gasteiger partial charge >= 0.3 is 6.09 Å². The first kappa shape index (κ1) is 20.2. The number of hydrogen-bond acceptors (Lipinski definition) is 9. The topological polar surface area (TPSA) is 162 Å². The Morgan fingerprint density at radius 2 is 1.90 bits per heavy atom. The van der Waals surface area contributed by atoms with Gasteiger partial charge < -0.3 is 16.6 Å². The van der Waals surface area contributed by atoms with Crippen LogP contribution < -0.4 is 16.4 Å². The molecular weight excluding hydrogens is 425 g/mol. The normalized spacial score (nSPS) is 10.9. The van der Waals surface area contributed by atoms with Crippen LogP contribution in [0.25, 0.3) is 22.5 Å². The molecule has 1 amide bonds. The summed E-state index contributed by atoms with van der Waals surface area (Å²) in [7, 11) is 1.27. The molecule has 0 aliphatic rings. The number of rotatable bonds is 5. The van der Waals surface area contributed by atoms with Crippen molar-refractivity contribution in [2.45, 2.75) is 6.54 Å². The van der Waals surface area contributed by atoms with Gasteiger partial charge in [0.15, 0.2) is 22.5 Å². The highest BCUT2D eigenvalue weighted by molar-refractivity contribution is 7.13. The zero-order chi connectivity index (χ0) is 22.1. The van der Waals surface area contributed by atoms with E-state index in [9.17, 15) is 14.3 Å². The minimum absolute atomic E-state index is 0.00243. The molecule has 1 aromatic carbocycles. The second kappa shape index (κ2) is 7.95. The molecule has 11 nitrogen and oxygen atoms in total. The molecule has 0 unspecified atom stereocenters. The number of aromatic nitrogens is 6. The van der Waals surface area contributed by atoms with Crippen LogP contribution in [0.3, 0.4) is 0 Å². The molecule has 31 heavy (non-hydrogen) atoms. The smallest absolute Gasteiger partial charge is 0.411 e. The number of carbonyl (C=O) groups is 1. The Labute approximate surface area is 178 Å². The molecule has 5 N–H and O–H groups in total. The molecule has 0 aliphatic heterocycles. The lowest BCUT2D eigenvalue weighted by Crippen LogP contribution is -2.26. The van der Waals surface area contributed by atoms with E-state index in [0.29, 0.717) is 16.4 Å². The SMILES string of the molecule is CN(C(=O)O)c1c(N)nc(-c2nc(-c3nccs3)n(Cc3ccccc3F)n2)nc1N. The molecule has 0 bridgehead atoms. The zero-order valence-corrected chi connectivity index (χ0v) is 16.9. The summed E-state index contributed by atoms with van der Waals surface area (Å²) < 4.78 is 15.7. The molecule has 0 fully saturated rings. The molecule has 0 aliphatic carbocycles. The van der Waals surface area contributed by atoms with E-state index < -0.39 is 6.09 Å². The third-order valence-electron chi connectivity index (χ3n) is 4.33. The van der Waals surface area contributed by atoms with Crippen molar-refractivity contribution in [3.05, 3.63) is 47.2 Å². The Bertz CT molecular complexity index is 1240. The summed E-state index contributed by atoms with van der Waals surface area (Å²) in [5.41, 5.74) is 12.2. The zero-order valence-electron chi connectivity index (χ0n) is 16.1. The molecule has 0 saturated carbocycles. The molecule has 0 radical (unpaired) electrons. The standard InChI is InChI=1S/C18H16FN9O2S/c1-27(18(29)30)11-12(20)23-14(24-13(11)21)15-25-16(17-22-6-7-31-17)28(26-15)8-9-4-2-3-5-10(9)19/h2-7H,8H2,1H3,(H,29,30)(H4,20,21,23,24). The predicted molar refractivity (Wildman–Crippen MR) is 113 cm³/mol. The Morgan fingerprint density at radius 1 is 1.19 bits per heavy atom. The van der Waals surface area contributed by atoms with Crippen LogP contribution in [0, 0.1) is 5.82 Å². The highest BCUT2D eigenvalue weighted by Gasteiger charge is 2.23. The molecule has 0 atom stereocenters. The maximum atomic E-state index is 14.2. The minimum atomic E-state index is -1.27. The summed E-state index contributed by atoms with van der Waals surface area (Å²) in [6.45, 7) is 0.0966. The number of halogens is 1. The van der Waals surface area contributed by atoms with Gasteiger partial charge in [-0.15, -0.1) is 16.4 Å². The lowest BCUT2D eigenvalue weighted by Gasteiger charge is -2.16. The van der Waals surface area contributed by atoms with Gasteiger partial charge in [0.1, 0.15) is 11.5 Å². The molecule has 3 heterocycles. The summed E-state index contributed by atoms with van der Waals surface area (Å²) in [4.78, 5) is 29.0. The van der Waals surface area contributed by atoms with Crippen molar-refractivity contribution in [1.29, 1.82) is 0 Å². The van der Waals surface area contributed by atoms with Crippen molar-refractivity contribution >= 4 is 34.8 Å². The maximum Gasteiger partial charge on any atom is 0.411 e. The Balaban J connectivity index is 1.80. The fraction of sp³-hybridized carbons (Fsp3) is 0.111. The number of carboxylic acid groups (broad SMARTS) is 1. The van der Waals surface area contributed by atoms with E-state index in [-0.39, 0.29) is 41.3 Å². The second-order valence-corrected chi connectivity index (χ2v) is 7.25. The second-order valence-electron chi connectivity index (χ2n) is 6.35. The lowest BCUT2D eigenvalue weighted by atomic mass is 10.2. The van der Waals surface area contributed by atoms with Crippen LogP contribution in [0.5, 0.6) is 0 Å².